The number of aliphatic hydroxyl groups is 1. The highest BCUT2D eigenvalue weighted by Gasteiger charge is 2.11. The van der Waals surface area contributed by atoms with Crippen LogP contribution in [-0.2, 0) is 0 Å². The molecule has 0 saturated carbocycles. The van der Waals surface area contributed by atoms with Crippen LogP contribution < -0.4 is 0 Å². The molecular weight excluding hydrogens is 210 g/mol. The number of aliphatic hydroxyl groups excluding tert-OH is 1. The van der Waals surface area contributed by atoms with E-state index >= 15 is 0 Å². The normalized spacial score (nSPS) is 13.1. The predicted molar refractivity (Wildman–Crippen MR) is 64.2 cm³/mol. The Morgan fingerprint density at radius 3 is 2.67 bits per heavy atom. The fourth-order valence-electron chi connectivity index (χ4n) is 1.40. The molecule has 1 rings (SSSR count). The van der Waals surface area contributed by atoms with Crippen LogP contribution in [0.1, 0.15) is 25.0 Å². The maximum absolute atomic E-state index is 9.93. The van der Waals surface area contributed by atoms with Gasteiger partial charge in [0.2, 0.25) is 0 Å². The standard InChI is InChI=1S/C12H18ClNO/c1-3-14(2)9-8-12(15)10-6-4-5-7-11(10)13/h4-7,12,15H,3,8-9H2,1-2H3. The van der Waals surface area contributed by atoms with E-state index < -0.39 is 6.10 Å². The van der Waals surface area contributed by atoms with E-state index in [0.717, 1.165) is 18.7 Å². The lowest BCUT2D eigenvalue weighted by molar-refractivity contribution is 0.150. The van der Waals surface area contributed by atoms with Crippen LogP contribution in [0.15, 0.2) is 24.3 Å². The van der Waals surface area contributed by atoms with Gasteiger partial charge < -0.3 is 10.0 Å². The molecule has 0 spiro atoms. The van der Waals surface area contributed by atoms with Gasteiger partial charge in [0.05, 0.1) is 6.10 Å². The van der Waals surface area contributed by atoms with Crippen LogP contribution in [-0.4, -0.2) is 30.1 Å². The molecule has 0 aliphatic rings. The van der Waals surface area contributed by atoms with Gasteiger partial charge in [0.15, 0.2) is 0 Å². The van der Waals surface area contributed by atoms with Crippen molar-refractivity contribution < 1.29 is 5.11 Å². The van der Waals surface area contributed by atoms with Gasteiger partial charge in [-0.05, 0) is 31.6 Å². The zero-order chi connectivity index (χ0) is 11.3. The Morgan fingerprint density at radius 2 is 2.07 bits per heavy atom. The quantitative estimate of drug-likeness (QED) is 0.836. The topological polar surface area (TPSA) is 23.5 Å². The summed E-state index contributed by atoms with van der Waals surface area (Å²) < 4.78 is 0. The van der Waals surface area contributed by atoms with Crippen LogP contribution in [0, 0.1) is 0 Å². The molecule has 0 aromatic heterocycles. The number of halogens is 1. The van der Waals surface area contributed by atoms with Gasteiger partial charge in [-0.3, -0.25) is 0 Å². The molecule has 84 valence electrons. The number of nitrogens with zero attached hydrogens (tertiary/aromatic N) is 1. The first-order valence-electron chi connectivity index (χ1n) is 5.26. The van der Waals surface area contributed by atoms with E-state index in [1.54, 1.807) is 0 Å². The van der Waals surface area contributed by atoms with Crippen molar-refractivity contribution in [1.82, 2.24) is 4.90 Å². The third-order valence-corrected chi connectivity index (χ3v) is 2.93. The summed E-state index contributed by atoms with van der Waals surface area (Å²) in [5, 5.41) is 10.6. The minimum atomic E-state index is -0.465. The molecule has 1 unspecified atom stereocenters. The average Bonchev–Trinajstić information content (AvgIpc) is 2.26. The van der Waals surface area contributed by atoms with E-state index in [2.05, 4.69) is 11.8 Å². The third-order valence-electron chi connectivity index (χ3n) is 2.59. The molecule has 1 atom stereocenters. The first-order valence-corrected chi connectivity index (χ1v) is 5.64. The fraction of sp³-hybridized carbons (Fsp3) is 0.500. The molecule has 0 aliphatic heterocycles. The van der Waals surface area contributed by atoms with Crippen molar-refractivity contribution in [2.75, 3.05) is 20.1 Å². The zero-order valence-corrected chi connectivity index (χ0v) is 10.0. The van der Waals surface area contributed by atoms with Crippen molar-refractivity contribution >= 4 is 11.6 Å². The SMILES string of the molecule is CCN(C)CCC(O)c1ccccc1Cl. The monoisotopic (exact) mass is 227 g/mol. The maximum atomic E-state index is 9.93. The third kappa shape index (κ3) is 3.82. The molecule has 0 heterocycles. The Labute approximate surface area is 96.5 Å². The van der Waals surface area contributed by atoms with Crippen LogP contribution in [0.3, 0.4) is 0 Å². The minimum Gasteiger partial charge on any atom is -0.388 e. The first-order chi connectivity index (χ1) is 7.15. The largest absolute Gasteiger partial charge is 0.388 e. The maximum Gasteiger partial charge on any atom is 0.0816 e. The van der Waals surface area contributed by atoms with Crippen LogP contribution >= 0.6 is 11.6 Å². The second-order valence-electron chi connectivity index (χ2n) is 3.72. The Hall–Kier alpha value is -0.570. The van der Waals surface area contributed by atoms with Crippen molar-refractivity contribution in [3.8, 4) is 0 Å². The van der Waals surface area contributed by atoms with Crippen molar-refractivity contribution in [3.05, 3.63) is 34.9 Å². The van der Waals surface area contributed by atoms with Gasteiger partial charge in [0.1, 0.15) is 0 Å². The lowest BCUT2D eigenvalue weighted by Crippen LogP contribution is -2.20. The van der Waals surface area contributed by atoms with Crippen molar-refractivity contribution in [3.63, 3.8) is 0 Å². The van der Waals surface area contributed by atoms with E-state index in [1.807, 2.05) is 31.3 Å². The van der Waals surface area contributed by atoms with E-state index in [-0.39, 0.29) is 0 Å². The minimum absolute atomic E-state index is 0.465. The average molecular weight is 228 g/mol. The van der Waals surface area contributed by atoms with Crippen LogP contribution in [0.25, 0.3) is 0 Å². The summed E-state index contributed by atoms with van der Waals surface area (Å²) in [4.78, 5) is 2.17. The molecule has 1 N–H and O–H groups in total. The molecule has 0 saturated heterocycles. The Kier molecular flexibility index (Phi) is 5.09. The second kappa shape index (κ2) is 6.11. The van der Waals surface area contributed by atoms with Crippen LogP contribution in [0.5, 0.6) is 0 Å². The molecule has 0 radical (unpaired) electrons. The Morgan fingerprint density at radius 1 is 1.40 bits per heavy atom. The van der Waals surface area contributed by atoms with E-state index in [0.29, 0.717) is 11.4 Å². The summed E-state index contributed by atoms with van der Waals surface area (Å²) in [7, 11) is 2.04. The van der Waals surface area contributed by atoms with Crippen molar-refractivity contribution in [2.24, 2.45) is 0 Å². The molecular formula is C12H18ClNO. The fourth-order valence-corrected chi connectivity index (χ4v) is 1.66. The van der Waals surface area contributed by atoms with Gasteiger partial charge in [-0.1, -0.05) is 36.7 Å². The lowest BCUT2D eigenvalue weighted by Gasteiger charge is -2.17. The van der Waals surface area contributed by atoms with Gasteiger partial charge >= 0.3 is 0 Å². The summed E-state index contributed by atoms with van der Waals surface area (Å²) in [6.07, 6.45) is 0.251. The van der Waals surface area contributed by atoms with Gasteiger partial charge in [-0.25, -0.2) is 0 Å². The van der Waals surface area contributed by atoms with E-state index in [9.17, 15) is 5.11 Å². The molecule has 0 fully saturated rings. The summed E-state index contributed by atoms with van der Waals surface area (Å²) in [5.41, 5.74) is 0.823. The van der Waals surface area contributed by atoms with E-state index in [4.69, 9.17) is 11.6 Å². The van der Waals surface area contributed by atoms with Crippen LogP contribution in [0.4, 0.5) is 0 Å². The Bertz CT molecular complexity index is 303. The molecule has 3 heteroatoms. The molecule has 0 aliphatic carbocycles. The highest BCUT2D eigenvalue weighted by atomic mass is 35.5. The molecule has 0 bridgehead atoms. The highest BCUT2D eigenvalue weighted by molar-refractivity contribution is 6.31. The van der Waals surface area contributed by atoms with Gasteiger partial charge in [0.25, 0.3) is 0 Å². The molecule has 2 nitrogen and oxygen atoms in total. The molecule has 1 aromatic rings. The molecule has 1 aromatic carbocycles. The summed E-state index contributed by atoms with van der Waals surface area (Å²) in [6.45, 7) is 3.97. The zero-order valence-electron chi connectivity index (χ0n) is 9.28. The van der Waals surface area contributed by atoms with Gasteiger partial charge in [-0.15, -0.1) is 0 Å². The Balaban J connectivity index is 2.54. The van der Waals surface area contributed by atoms with Crippen molar-refractivity contribution in [1.29, 1.82) is 0 Å². The molecule has 0 amide bonds. The van der Waals surface area contributed by atoms with Crippen LogP contribution in [0.2, 0.25) is 5.02 Å². The van der Waals surface area contributed by atoms with Crippen molar-refractivity contribution in [2.45, 2.75) is 19.4 Å². The molecule has 15 heavy (non-hydrogen) atoms. The lowest BCUT2D eigenvalue weighted by atomic mass is 10.1. The highest BCUT2D eigenvalue weighted by Crippen LogP contribution is 2.24. The van der Waals surface area contributed by atoms with Gasteiger partial charge in [-0.2, -0.15) is 0 Å². The predicted octanol–water partition coefficient (Wildman–Crippen LogP) is 2.72. The van der Waals surface area contributed by atoms with E-state index in [1.165, 1.54) is 0 Å². The summed E-state index contributed by atoms with van der Waals surface area (Å²) >= 11 is 5.99. The second-order valence-corrected chi connectivity index (χ2v) is 4.13. The smallest absolute Gasteiger partial charge is 0.0816 e. The number of benzene rings is 1. The number of hydrogen-bond donors (Lipinski definition) is 1. The number of rotatable bonds is 5. The number of hydrogen-bond acceptors (Lipinski definition) is 2. The summed E-state index contributed by atoms with van der Waals surface area (Å²) in [5.74, 6) is 0. The van der Waals surface area contributed by atoms with Gasteiger partial charge in [0, 0.05) is 11.6 Å². The first kappa shape index (κ1) is 12.5. The summed E-state index contributed by atoms with van der Waals surface area (Å²) in [6, 6.07) is 7.45.